The van der Waals surface area contributed by atoms with Gasteiger partial charge >= 0.3 is 5.17 Å². The molecule has 4 aliphatic rings. The standard InChI is InChI=1S/C13H11ClF2N4O2S/c1-23(21)13-17-11-9(16)8(14)10-7(4-22-19-10)6-2-5(15)3-20(18-13)12(6)11/h5,7H,2-4H2,1H3/t5-,7+,23?/m1/s1. The molecule has 23 heavy (non-hydrogen) atoms. The van der Waals surface area contributed by atoms with Crippen LogP contribution in [-0.4, -0.2) is 51.7 Å². The lowest BCUT2D eigenvalue weighted by molar-refractivity contribution is 0.153. The highest BCUT2D eigenvalue weighted by Gasteiger charge is 2.45. The smallest absolute Gasteiger partial charge is 0.360 e. The summed E-state index contributed by atoms with van der Waals surface area (Å²) in [5.41, 5.74) is 1.16. The van der Waals surface area contributed by atoms with Crippen molar-refractivity contribution in [1.82, 2.24) is 5.01 Å². The maximum Gasteiger partial charge on any atom is 0.360 e. The normalized spacial score (nSPS) is 30.8. The van der Waals surface area contributed by atoms with Crippen LogP contribution in [0.1, 0.15) is 6.42 Å². The summed E-state index contributed by atoms with van der Waals surface area (Å²) in [4.78, 5) is 9.10. The van der Waals surface area contributed by atoms with Gasteiger partial charge in [0.15, 0.2) is 5.83 Å². The summed E-state index contributed by atoms with van der Waals surface area (Å²) in [5.74, 6) is -1.22. The molecule has 3 heterocycles. The van der Waals surface area contributed by atoms with E-state index in [1.165, 1.54) is 11.3 Å². The first kappa shape index (κ1) is 15.1. The first-order chi connectivity index (χ1) is 11.0. The van der Waals surface area contributed by atoms with Gasteiger partial charge in [-0.25, -0.2) is 8.78 Å². The third-order valence-electron chi connectivity index (χ3n) is 4.05. The zero-order valence-corrected chi connectivity index (χ0v) is 13.5. The van der Waals surface area contributed by atoms with Crippen LogP contribution >= 0.6 is 11.6 Å². The van der Waals surface area contributed by atoms with E-state index in [1.807, 2.05) is 0 Å². The number of hydrogen-bond acceptors (Lipinski definition) is 6. The van der Waals surface area contributed by atoms with Crippen LogP contribution < -0.4 is 0 Å². The van der Waals surface area contributed by atoms with E-state index in [2.05, 4.69) is 15.2 Å². The van der Waals surface area contributed by atoms with Crippen LogP contribution in [0.4, 0.5) is 8.78 Å². The van der Waals surface area contributed by atoms with Crippen LogP contribution in [0, 0.1) is 5.92 Å². The van der Waals surface area contributed by atoms with Crippen LogP contribution in [0.5, 0.6) is 0 Å². The summed E-state index contributed by atoms with van der Waals surface area (Å²) in [6.07, 6.45) is 0.294. The average Bonchev–Trinajstić information content (AvgIpc) is 2.97. The molecule has 0 aromatic heterocycles. The number of oxime groups is 1. The van der Waals surface area contributed by atoms with Gasteiger partial charge in [-0.2, -0.15) is 4.99 Å². The number of allylic oxidation sites excluding steroid dienone is 2. The van der Waals surface area contributed by atoms with Gasteiger partial charge in [0.25, 0.3) is 0 Å². The van der Waals surface area contributed by atoms with Gasteiger partial charge in [0.1, 0.15) is 35.5 Å². The molecule has 0 spiro atoms. The van der Waals surface area contributed by atoms with E-state index in [0.29, 0.717) is 11.3 Å². The molecule has 3 atom stereocenters. The summed E-state index contributed by atoms with van der Waals surface area (Å²) < 4.78 is 40.7. The third-order valence-corrected chi connectivity index (χ3v) is 5.10. The second-order valence-electron chi connectivity index (χ2n) is 5.51. The van der Waals surface area contributed by atoms with Crippen LogP contribution in [0.15, 0.2) is 37.4 Å². The molecule has 0 radical (unpaired) electrons. The van der Waals surface area contributed by atoms with E-state index in [9.17, 15) is 13.3 Å². The molecule has 0 fully saturated rings. The molecule has 0 aromatic carbocycles. The molecular formula is C13H11ClF2N4O2S. The van der Waals surface area contributed by atoms with E-state index in [1.54, 1.807) is 0 Å². The summed E-state index contributed by atoms with van der Waals surface area (Å²) in [5, 5.41) is 8.95. The van der Waals surface area contributed by atoms with E-state index >= 15 is 0 Å². The Bertz CT molecular complexity index is 746. The van der Waals surface area contributed by atoms with E-state index in [-0.39, 0.29) is 41.2 Å². The van der Waals surface area contributed by atoms with E-state index in [0.717, 1.165) is 0 Å². The number of fused-ring (bicyclic) bond motifs is 2. The average molecular weight is 361 g/mol. The lowest BCUT2D eigenvalue weighted by Crippen LogP contribution is -2.40. The van der Waals surface area contributed by atoms with Crippen LogP contribution in [-0.2, 0) is 16.0 Å². The van der Waals surface area contributed by atoms with Gasteiger partial charge in [-0.3, -0.25) is 5.01 Å². The molecule has 0 saturated carbocycles. The second-order valence-corrected chi connectivity index (χ2v) is 7.16. The number of hydrogen-bond donors (Lipinski definition) is 0. The Balaban J connectivity index is 1.97. The molecule has 122 valence electrons. The molecule has 3 aliphatic heterocycles. The lowest BCUT2D eigenvalue weighted by atomic mass is 9.87. The van der Waals surface area contributed by atoms with Crippen molar-refractivity contribution in [3.05, 3.63) is 22.1 Å². The van der Waals surface area contributed by atoms with Gasteiger partial charge in [0, 0.05) is 17.6 Å². The first-order valence-electron chi connectivity index (χ1n) is 6.89. The number of rotatable bonds is 0. The minimum atomic E-state index is -1.54. The maximum absolute atomic E-state index is 14.8. The zero-order chi connectivity index (χ0) is 16.3. The van der Waals surface area contributed by atoms with Gasteiger partial charge in [0.2, 0.25) is 0 Å². The third kappa shape index (κ3) is 2.21. The van der Waals surface area contributed by atoms with Crippen molar-refractivity contribution in [1.29, 1.82) is 0 Å². The Morgan fingerprint density at radius 2 is 2.26 bits per heavy atom. The van der Waals surface area contributed by atoms with Gasteiger partial charge in [-0.05, 0) is 5.57 Å². The number of hydrazone groups is 1. The molecule has 10 heteroatoms. The second kappa shape index (κ2) is 5.29. The SMILES string of the molecule is C[S+]([O-])C1=NN2C[C@H](F)CC3=C2C(=N1)C(F)=C(Cl)C1=NOC[C@H]13. The van der Waals surface area contributed by atoms with Gasteiger partial charge in [0.05, 0.1) is 18.2 Å². The monoisotopic (exact) mass is 360 g/mol. The number of amidine groups is 1. The fourth-order valence-corrected chi connectivity index (χ4v) is 3.75. The minimum absolute atomic E-state index is 0.0521. The fraction of sp³-hybridized carbons (Fsp3) is 0.462. The Morgan fingerprint density at radius 1 is 1.48 bits per heavy atom. The molecule has 4 rings (SSSR count). The number of nitrogens with zero attached hydrogens (tertiary/aromatic N) is 4. The van der Waals surface area contributed by atoms with Gasteiger partial charge in [-0.15, -0.1) is 5.10 Å². The number of aliphatic imine (C=N–C) groups is 1. The minimum Gasteiger partial charge on any atom is -0.609 e. The highest BCUT2D eigenvalue weighted by molar-refractivity contribution is 8.05. The molecule has 6 nitrogen and oxygen atoms in total. The Kier molecular flexibility index (Phi) is 3.47. The zero-order valence-electron chi connectivity index (χ0n) is 11.9. The summed E-state index contributed by atoms with van der Waals surface area (Å²) in [6, 6.07) is 0. The van der Waals surface area contributed by atoms with Crippen LogP contribution in [0.3, 0.4) is 0 Å². The highest BCUT2D eigenvalue weighted by Crippen LogP contribution is 2.42. The molecule has 0 saturated heterocycles. The highest BCUT2D eigenvalue weighted by atomic mass is 35.5. The van der Waals surface area contributed by atoms with Gasteiger partial charge in [-0.1, -0.05) is 16.8 Å². The summed E-state index contributed by atoms with van der Waals surface area (Å²) in [6.45, 7) is 0.116. The number of halogens is 3. The first-order valence-corrected chi connectivity index (χ1v) is 8.82. The molecule has 0 amide bonds. The molecule has 0 aromatic rings. The van der Waals surface area contributed by atoms with Crippen LogP contribution in [0.2, 0.25) is 0 Å². The van der Waals surface area contributed by atoms with Crippen molar-refractivity contribution in [2.24, 2.45) is 21.2 Å². The Morgan fingerprint density at radius 3 is 3.00 bits per heavy atom. The van der Waals surface area contributed by atoms with Gasteiger partial charge < -0.3 is 9.39 Å². The molecular weight excluding hydrogens is 350 g/mol. The lowest BCUT2D eigenvalue weighted by Gasteiger charge is -2.34. The van der Waals surface area contributed by atoms with E-state index in [4.69, 9.17) is 16.4 Å². The van der Waals surface area contributed by atoms with Crippen molar-refractivity contribution in [3.63, 3.8) is 0 Å². The van der Waals surface area contributed by atoms with E-state index < -0.39 is 29.1 Å². The topological polar surface area (TPSA) is 72.6 Å². The van der Waals surface area contributed by atoms with Crippen LogP contribution in [0.25, 0.3) is 0 Å². The predicted octanol–water partition coefficient (Wildman–Crippen LogP) is 1.82. The van der Waals surface area contributed by atoms with Crippen molar-refractivity contribution >= 4 is 39.4 Å². The van der Waals surface area contributed by atoms with Crippen molar-refractivity contribution < 1.29 is 18.2 Å². The molecule has 1 aliphatic carbocycles. The summed E-state index contributed by atoms with van der Waals surface area (Å²) >= 11 is 4.57. The maximum atomic E-state index is 14.8. The Hall–Kier alpha value is -1.45. The quantitative estimate of drug-likeness (QED) is 0.619. The molecule has 1 unspecified atom stereocenters. The van der Waals surface area contributed by atoms with Crippen molar-refractivity contribution in [2.75, 3.05) is 19.4 Å². The molecule has 0 N–H and O–H groups in total. The van der Waals surface area contributed by atoms with Crippen molar-refractivity contribution in [3.8, 4) is 0 Å². The molecule has 0 bridgehead atoms. The summed E-state index contributed by atoms with van der Waals surface area (Å²) in [7, 11) is 0. The largest absolute Gasteiger partial charge is 0.609 e. The fourth-order valence-electron chi connectivity index (χ4n) is 3.06. The number of alkyl halides is 1. The Labute approximate surface area is 138 Å². The predicted molar refractivity (Wildman–Crippen MR) is 83.0 cm³/mol. The van der Waals surface area contributed by atoms with Crippen molar-refractivity contribution in [2.45, 2.75) is 12.6 Å².